The summed E-state index contributed by atoms with van der Waals surface area (Å²) in [6.07, 6.45) is 0.587. The van der Waals surface area contributed by atoms with E-state index in [-0.39, 0.29) is 11.4 Å². The van der Waals surface area contributed by atoms with Crippen LogP contribution in [0.1, 0.15) is 12.7 Å². The Labute approximate surface area is 119 Å². The molecule has 0 unspecified atom stereocenters. The van der Waals surface area contributed by atoms with Gasteiger partial charge in [-0.3, -0.25) is 4.79 Å². The molecule has 0 bridgehead atoms. The first-order valence-electron chi connectivity index (χ1n) is 5.52. The van der Waals surface area contributed by atoms with Gasteiger partial charge in [0.2, 0.25) is 5.88 Å². The van der Waals surface area contributed by atoms with E-state index in [0.717, 1.165) is 0 Å². The molecule has 0 atom stereocenters. The van der Waals surface area contributed by atoms with Crippen LogP contribution in [0.2, 0.25) is 10.0 Å². The molecule has 2 aromatic rings. The lowest BCUT2D eigenvalue weighted by atomic mass is 10.3. The van der Waals surface area contributed by atoms with Gasteiger partial charge >= 0.3 is 0 Å². The molecule has 0 aliphatic heterocycles. The minimum atomic E-state index is -0.291. The maximum absolute atomic E-state index is 11.4. The summed E-state index contributed by atoms with van der Waals surface area (Å²) in [7, 11) is 0. The number of nitrogens with two attached hydrogens (primary N) is 1. The number of ether oxygens (including phenoxy) is 1. The van der Waals surface area contributed by atoms with E-state index in [1.807, 2.05) is 6.92 Å². The van der Waals surface area contributed by atoms with E-state index in [9.17, 15) is 4.79 Å². The monoisotopic (exact) mass is 299 g/mol. The van der Waals surface area contributed by atoms with Gasteiger partial charge in [-0.2, -0.15) is 4.98 Å². The van der Waals surface area contributed by atoms with E-state index in [2.05, 4.69) is 9.97 Å². The maximum atomic E-state index is 11.4. The number of H-pyrrole nitrogens is 1. The number of hydrogen-bond acceptors (Lipinski definition) is 4. The third-order valence-corrected chi connectivity index (χ3v) is 3.09. The summed E-state index contributed by atoms with van der Waals surface area (Å²) in [5, 5.41) is 0.644. The van der Waals surface area contributed by atoms with Crippen molar-refractivity contribution in [2.45, 2.75) is 13.3 Å². The average Bonchev–Trinajstić information content (AvgIpc) is 2.35. The van der Waals surface area contributed by atoms with E-state index in [1.54, 1.807) is 0 Å². The minimum absolute atomic E-state index is 0.158. The highest BCUT2D eigenvalue weighted by Crippen LogP contribution is 2.34. The van der Waals surface area contributed by atoms with Crippen molar-refractivity contribution in [2.75, 3.05) is 5.73 Å². The lowest BCUT2D eigenvalue weighted by Gasteiger charge is -2.09. The first-order chi connectivity index (χ1) is 8.99. The molecule has 100 valence electrons. The zero-order valence-corrected chi connectivity index (χ0v) is 11.5. The molecule has 3 N–H and O–H groups in total. The molecule has 0 saturated carbocycles. The molecule has 0 amide bonds. The van der Waals surface area contributed by atoms with Crippen molar-refractivity contribution in [1.29, 1.82) is 0 Å². The third kappa shape index (κ3) is 3.19. The summed E-state index contributed by atoms with van der Waals surface area (Å²) < 4.78 is 5.47. The second kappa shape index (κ2) is 5.50. The molecule has 7 heteroatoms. The maximum Gasteiger partial charge on any atom is 0.254 e. The Morgan fingerprint density at radius 2 is 2.00 bits per heavy atom. The van der Waals surface area contributed by atoms with Crippen LogP contribution < -0.4 is 16.0 Å². The molecule has 0 aliphatic rings. The van der Waals surface area contributed by atoms with Gasteiger partial charge in [-0.1, -0.05) is 30.1 Å². The van der Waals surface area contributed by atoms with Gasteiger partial charge in [0.15, 0.2) is 5.75 Å². The third-order valence-electron chi connectivity index (χ3n) is 2.37. The van der Waals surface area contributed by atoms with Gasteiger partial charge in [0.25, 0.3) is 5.56 Å². The first-order valence-corrected chi connectivity index (χ1v) is 6.27. The Hall–Kier alpha value is -1.72. The Morgan fingerprint density at radius 1 is 1.32 bits per heavy atom. The smallest absolute Gasteiger partial charge is 0.254 e. The summed E-state index contributed by atoms with van der Waals surface area (Å²) in [5.74, 6) is 0.987. The minimum Gasteiger partial charge on any atom is -0.437 e. The van der Waals surface area contributed by atoms with Crippen LogP contribution in [-0.4, -0.2) is 9.97 Å². The summed E-state index contributed by atoms with van der Waals surface area (Å²) >= 11 is 11.7. The van der Waals surface area contributed by atoms with Crippen LogP contribution >= 0.6 is 23.2 Å². The number of nitrogens with one attached hydrogen (secondary N) is 1. The Morgan fingerprint density at radius 3 is 2.68 bits per heavy atom. The van der Waals surface area contributed by atoms with Crippen LogP contribution in [-0.2, 0) is 6.42 Å². The number of anilines is 1. The molecule has 1 aromatic heterocycles. The fourth-order valence-corrected chi connectivity index (χ4v) is 1.77. The molecule has 0 spiro atoms. The average molecular weight is 300 g/mol. The van der Waals surface area contributed by atoms with Gasteiger partial charge in [-0.05, 0) is 6.07 Å². The Bertz CT molecular complexity index is 671. The molecule has 0 fully saturated rings. The number of benzene rings is 1. The van der Waals surface area contributed by atoms with Crippen LogP contribution in [0, 0.1) is 0 Å². The number of nitrogens with zero attached hydrogens (tertiary/aromatic N) is 1. The summed E-state index contributed by atoms with van der Waals surface area (Å²) in [6.45, 7) is 1.87. The zero-order valence-electron chi connectivity index (χ0n) is 10.0. The fourth-order valence-electron chi connectivity index (χ4n) is 1.45. The van der Waals surface area contributed by atoms with Crippen LogP contribution in [0.3, 0.4) is 0 Å². The van der Waals surface area contributed by atoms with Gasteiger partial charge < -0.3 is 15.5 Å². The van der Waals surface area contributed by atoms with Crippen LogP contribution in [0.4, 0.5) is 5.69 Å². The number of halogens is 2. The molecular formula is C12H11Cl2N3O2. The SMILES string of the molecule is CCc1nc(Oc2cc(Cl)c(Cl)cc2N)cc(=O)[nH]1. The quantitative estimate of drug-likeness (QED) is 0.854. The molecule has 2 rings (SSSR count). The molecule has 1 heterocycles. The van der Waals surface area contributed by atoms with E-state index >= 15 is 0 Å². The van der Waals surface area contributed by atoms with E-state index in [4.69, 9.17) is 33.7 Å². The summed E-state index contributed by atoms with van der Waals surface area (Å²) in [5.41, 5.74) is 5.79. The Balaban J connectivity index is 2.38. The van der Waals surface area contributed by atoms with E-state index < -0.39 is 0 Å². The van der Waals surface area contributed by atoms with Crippen molar-refractivity contribution in [3.63, 3.8) is 0 Å². The lowest BCUT2D eigenvalue weighted by molar-refractivity contribution is 0.460. The number of aromatic amines is 1. The van der Waals surface area contributed by atoms with E-state index in [1.165, 1.54) is 18.2 Å². The van der Waals surface area contributed by atoms with Crippen LogP contribution in [0.15, 0.2) is 23.0 Å². The molecular weight excluding hydrogens is 289 g/mol. The standard InChI is InChI=1S/C12H11Cl2N3O2/c1-2-10-16-11(18)5-12(17-10)19-9-4-7(14)6(13)3-8(9)15/h3-5H,2,15H2,1H3,(H,16,17,18). The molecule has 5 nitrogen and oxygen atoms in total. The van der Waals surface area contributed by atoms with Crippen molar-refractivity contribution in [1.82, 2.24) is 9.97 Å². The summed E-state index contributed by atoms with van der Waals surface area (Å²) in [6, 6.07) is 4.20. The number of hydrogen-bond donors (Lipinski definition) is 2. The second-order valence-electron chi connectivity index (χ2n) is 3.79. The molecule has 19 heavy (non-hydrogen) atoms. The van der Waals surface area contributed by atoms with Crippen molar-refractivity contribution >= 4 is 28.9 Å². The second-order valence-corrected chi connectivity index (χ2v) is 4.60. The predicted octanol–water partition coefficient (Wildman–Crippen LogP) is 3.01. The zero-order chi connectivity index (χ0) is 14.0. The normalized spacial score (nSPS) is 10.5. The van der Waals surface area contributed by atoms with Crippen LogP contribution in [0.5, 0.6) is 11.6 Å². The van der Waals surface area contributed by atoms with Gasteiger partial charge in [0, 0.05) is 12.5 Å². The molecule has 0 aliphatic carbocycles. The van der Waals surface area contributed by atoms with Crippen molar-refractivity contribution in [2.24, 2.45) is 0 Å². The highest BCUT2D eigenvalue weighted by Gasteiger charge is 2.09. The predicted molar refractivity (Wildman–Crippen MR) is 75.2 cm³/mol. The van der Waals surface area contributed by atoms with Crippen molar-refractivity contribution in [3.05, 3.63) is 44.4 Å². The van der Waals surface area contributed by atoms with Gasteiger partial charge in [0.05, 0.1) is 21.8 Å². The number of aromatic nitrogens is 2. The molecule has 1 aromatic carbocycles. The molecule has 0 saturated heterocycles. The molecule has 0 radical (unpaired) electrons. The largest absolute Gasteiger partial charge is 0.437 e. The topological polar surface area (TPSA) is 81.0 Å². The lowest BCUT2D eigenvalue weighted by Crippen LogP contribution is -2.10. The number of nitrogen functional groups attached to an aromatic ring is 1. The van der Waals surface area contributed by atoms with E-state index in [0.29, 0.717) is 33.7 Å². The highest BCUT2D eigenvalue weighted by molar-refractivity contribution is 6.42. The Kier molecular flexibility index (Phi) is 3.97. The number of aryl methyl sites for hydroxylation is 1. The van der Waals surface area contributed by atoms with Gasteiger partial charge in [-0.15, -0.1) is 0 Å². The highest BCUT2D eigenvalue weighted by atomic mass is 35.5. The first kappa shape index (κ1) is 13.7. The van der Waals surface area contributed by atoms with Crippen LogP contribution in [0.25, 0.3) is 0 Å². The van der Waals surface area contributed by atoms with Gasteiger partial charge in [-0.25, -0.2) is 0 Å². The summed E-state index contributed by atoms with van der Waals surface area (Å²) in [4.78, 5) is 18.1. The number of rotatable bonds is 3. The van der Waals surface area contributed by atoms with Gasteiger partial charge in [0.1, 0.15) is 5.82 Å². The fraction of sp³-hybridized carbons (Fsp3) is 0.167. The van der Waals surface area contributed by atoms with Crippen molar-refractivity contribution < 1.29 is 4.74 Å². The van der Waals surface area contributed by atoms with Crippen molar-refractivity contribution in [3.8, 4) is 11.6 Å².